The van der Waals surface area contributed by atoms with Crippen LogP contribution in [0.2, 0.25) is 0 Å². The second-order valence-electron chi connectivity index (χ2n) is 2.53. The average molecular weight is 232 g/mol. The van der Waals surface area contributed by atoms with Crippen LogP contribution in [-0.4, -0.2) is 10.2 Å². The van der Waals surface area contributed by atoms with E-state index in [2.05, 4.69) is 4.98 Å². The molecule has 0 aromatic carbocycles. The van der Waals surface area contributed by atoms with E-state index < -0.39 is 22.9 Å². The zero-order valence-electron chi connectivity index (χ0n) is 7.17. The summed E-state index contributed by atoms with van der Waals surface area (Å²) < 4.78 is 24.8. The normalized spacial score (nSPS) is 10.1. The summed E-state index contributed by atoms with van der Waals surface area (Å²) >= 11 is 5.08. The summed E-state index contributed by atoms with van der Waals surface area (Å²) in [6.07, 6.45) is -2.10. The molecule has 0 aliphatic carbocycles. The van der Waals surface area contributed by atoms with E-state index in [-0.39, 0.29) is 11.3 Å². The van der Waals surface area contributed by atoms with Crippen LogP contribution in [0.3, 0.4) is 0 Å². The van der Waals surface area contributed by atoms with Crippen LogP contribution >= 0.6 is 11.6 Å². The van der Waals surface area contributed by atoms with Crippen LogP contribution in [0.4, 0.5) is 14.5 Å². The van der Waals surface area contributed by atoms with Gasteiger partial charge in [-0.1, -0.05) is 0 Å². The summed E-state index contributed by atoms with van der Waals surface area (Å²) in [7, 11) is 0. The van der Waals surface area contributed by atoms with E-state index in [1.54, 1.807) is 6.07 Å². The van der Waals surface area contributed by atoms with Gasteiger partial charge in [-0.2, -0.15) is 5.26 Å². The number of hydrogen-bond acceptors (Lipinski definition) is 4. The van der Waals surface area contributed by atoms with Gasteiger partial charge in [-0.25, -0.2) is 8.78 Å². The number of carbonyl (C=O) groups is 1. The number of aromatic nitrogens is 1. The summed E-state index contributed by atoms with van der Waals surface area (Å²) in [5.41, 5.74) is 3.38. The molecular weight excluding hydrogens is 228 g/mol. The molecule has 2 N–H and O–H groups in total. The maximum absolute atomic E-state index is 12.4. The minimum atomic E-state index is -2.97. The highest BCUT2D eigenvalue weighted by Gasteiger charge is 2.23. The van der Waals surface area contributed by atoms with E-state index in [0.717, 1.165) is 6.20 Å². The first kappa shape index (κ1) is 11.3. The van der Waals surface area contributed by atoms with Gasteiger partial charge in [-0.05, 0) is 11.6 Å². The van der Waals surface area contributed by atoms with Crippen molar-refractivity contribution in [3.05, 3.63) is 23.0 Å². The number of alkyl halides is 2. The highest BCUT2D eigenvalue weighted by atomic mass is 35.5. The molecule has 0 aliphatic heterocycles. The van der Waals surface area contributed by atoms with Gasteiger partial charge in [0.15, 0.2) is 0 Å². The van der Waals surface area contributed by atoms with Crippen molar-refractivity contribution < 1.29 is 13.6 Å². The van der Waals surface area contributed by atoms with Crippen molar-refractivity contribution in [2.75, 3.05) is 5.73 Å². The number of nitriles is 1. The molecule has 0 bridgehead atoms. The third kappa shape index (κ3) is 2.02. The molecule has 1 aromatic rings. The number of halogens is 3. The first-order valence-electron chi connectivity index (χ1n) is 3.65. The van der Waals surface area contributed by atoms with Gasteiger partial charge in [0.2, 0.25) is 0 Å². The van der Waals surface area contributed by atoms with E-state index in [1.165, 1.54) is 0 Å². The molecule has 4 nitrogen and oxygen atoms in total. The Hall–Kier alpha value is -1.74. The molecular formula is C8H4ClF2N3O. The summed E-state index contributed by atoms with van der Waals surface area (Å²) in [6, 6.07) is 1.61. The number of carbonyl (C=O) groups excluding carboxylic acids is 1. The van der Waals surface area contributed by atoms with Crippen molar-refractivity contribution in [2.24, 2.45) is 0 Å². The molecule has 0 radical (unpaired) electrons. The Bertz CT molecular complexity index is 456. The van der Waals surface area contributed by atoms with E-state index >= 15 is 0 Å². The van der Waals surface area contributed by atoms with Gasteiger partial charge in [-0.3, -0.25) is 9.78 Å². The Kier molecular flexibility index (Phi) is 3.17. The standard InChI is InChI=1S/C8H4ClF2N3O/c9-7(15)4-5(13)3(1-12)2-14-6(4)8(10)11/h2,8H,(H2,13,14). The topological polar surface area (TPSA) is 79.8 Å². The molecule has 7 heteroatoms. The van der Waals surface area contributed by atoms with Crippen LogP contribution in [0.25, 0.3) is 0 Å². The van der Waals surface area contributed by atoms with Gasteiger partial charge in [0, 0.05) is 6.20 Å². The minimum absolute atomic E-state index is 0.164. The van der Waals surface area contributed by atoms with Gasteiger partial charge in [0.1, 0.15) is 11.8 Å². The zero-order valence-corrected chi connectivity index (χ0v) is 7.92. The van der Waals surface area contributed by atoms with Crippen LogP contribution in [0.1, 0.15) is 28.0 Å². The molecule has 0 atom stereocenters. The molecule has 0 aliphatic rings. The van der Waals surface area contributed by atoms with Crippen LogP contribution in [-0.2, 0) is 0 Å². The number of nitrogens with two attached hydrogens (primary N) is 1. The van der Waals surface area contributed by atoms with Crippen molar-refractivity contribution in [1.29, 1.82) is 5.26 Å². The lowest BCUT2D eigenvalue weighted by atomic mass is 10.1. The number of rotatable bonds is 2. The van der Waals surface area contributed by atoms with E-state index in [4.69, 9.17) is 22.6 Å². The third-order valence-corrected chi connectivity index (χ3v) is 1.86. The molecule has 0 spiro atoms. The lowest BCUT2D eigenvalue weighted by molar-refractivity contribution is 0.106. The van der Waals surface area contributed by atoms with Crippen molar-refractivity contribution in [1.82, 2.24) is 4.98 Å². The molecule has 1 aromatic heterocycles. The van der Waals surface area contributed by atoms with Crippen molar-refractivity contribution in [3.63, 3.8) is 0 Å². The number of pyridine rings is 1. The van der Waals surface area contributed by atoms with Crippen molar-refractivity contribution in [2.45, 2.75) is 6.43 Å². The number of anilines is 1. The lowest BCUT2D eigenvalue weighted by Crippen LogP contribution is -2.08. The highest BCUT2D eigenvalue weighted by molar-refractivity contribution is 6.68. The van der Waals surface area contributed by atoms with Gasteiger partial charge < -0.3 is 5.73 Å². The lowest BCUT2D eigenvalue weighted by Gasteiger charge is -2.07. The maximum Gasteiger partial charge on any atom is 0.281 e. The van der Waals surface area contributed by atoms with Gasteiger partial charge >= 0.3 is 0 Å². The van der Waals surface area contributed by atoms with Crippen LogP contribution in [0.5, 0.6) is 0 Å². The predicted molar refractivity (Wildman–Crippen MR) is 48.5 cm³/mol. The zero-order chi connectivity index (χ0) is 11.6. The Labute approximate surface area is 88.3 Å². The molecule has 0 saturated carbocycles. The van der Waals surface area contributed by atoms with E-state index in [9.17, 15) is 13.6 Å². The molecule has 0 saturated heterocycles. The molecule has 15 heavy (non-hydrogen) atoms. The minimum Gasteiger partial charge on any atom is -0.397 e. The van der Waals surface area contributed by atoms with Crippen molar-refractivity contribution >= 4 is 22.5 Å². The van der Waals surface area contributed by atoms with E-state index in [0.29, 0.717) is 0 Å². The highest BCUT2D eigenvalue weighted by Crippen LogP contribution is 2.28. The molecule has 1 rings (SSSR count). The number of hydrogen-bond donors (Lipinski definition) is 1. The van der Waals surface area contributed by atoms with Crippen molar-refractivity contribution in [3.8, 4) is 6.07 Å². The second kappa shape index (κ2) is 4.19. The predicted octanol–water partition coefficient (Wildman–Crippen LogP) is 1.85. The quantitative estimate of drug-likeness (QED) is 0.788. The first-order chi connectivity index (χ1) is 6.99. The SMILES string of the molecule is N#Cc1cnc(C(F)F)c(C(=O)Cl)c1N. The fourth-order valence-corrected chi connectivity index (χ4v) is 1.20. The number of nitrogens with zero attached hydrogens (tertiary/aromatic N) is 2. The number of nitrogen functional groups attached to an aromatic ring is 1. The molecule has 78 valence electrons. The third-order valence-electron chi connectivity index (χ3n) is 1.67. The summed E-state index contributed by atoms with van der Waals surface area (Å²) in [5, 5.41) is 7.38. The molecule has 0 amide bonds. The monoisotopic (exact) mass is 231 g/mol. The Balaban J connectivity index is 3.53. The van der Waals surface area contributed by atoms with Crippen LogP contribution in [0.15, 0.2) is 6.20 Å². The Morgan fingerprint density at radius 1 is 1.67 bits per heavy atom. The Morgan fingerprint density at radius 2 is 2.27 bits per heavy atom. The fourth-order valence-electron chi connectivity index (χ4n) is 1.00. The van der Waals surface area contributed by atoms with Crippen LogP contribution < -0.4 is 5.73 Å². The van der Waals surface area contributed by atoms with E-state index in [1.807, 2.05) is 0 Å². The van der Waals surface area contributed by atoms with Crippen LogP contribution in [0, 0.1) is 11.3 Å². The largest absolute Gasteiger partial charge is 0.397 e. The summed E-state index contributed by atoms with van der Waals surface area (Å²) in [5.74, 6) is 0. The summed E-state index contributed by atoms with van der Waals surface area (Å²) in [6.45, 7) is 0. The second-order valence-corrected chi connectivity index (χ2v) is 2.88. The summed E-state index contributed by atoms with van der Waals surface area (Å²) in [4.78, 5) is 14.1. The molecule has 1 heterocycles. The average Bonchev–Trinajstić information content (AvgIpc) is 2.16. The fraction of sp³-hybridized carbons (Fsp3) is 0.125. The smallest absolute Gasteiger partial charge is 0.281 e. The molecule has 0 unspecified atom stereocenters. The van der Waals surface area contributed by atoms with Gasteiger partial charge in [0.05, 0.1) is 16.8 Å². The Morgan fingerprint density at radius 3 is 2.67 bits per heavy atom. The maximum atomic E-state index is 12.4. The first-order valence-corrected chi connectivity index (χ1v) is 4.03. The molecule has 0 fully saturated rings. The van der Waals surface area contributed by atoms with Gasteiger partial charge in [0.25, 0.3) is 11.7 Å². The van der Waals surface area contributed by atoms with Gasteiger partial charge in [-0.15, -0.1) is 0 Å².